The van der Waals surface area contributed by atoms with E-state index in [1.807, 2.05) is 0 Å². The summed E-state index contributed by atoms with van der Waals surface area (Å²) >= 11 is 0. The van der Waals surface area contributed by atoms with Gasteiger partial charge in [-0.25, -0.2) is 0 Å². The minimum Gasteiger partial charge on any atom is -0.0610 e. The Kier molecular flexibility index (Phi) is 5.52. The lowest BCUT2D eigenvalue weighted by Crippen LogP contribution is -1.90. The van der Waals surface area contributed by atoms with Crippen LogP contribution in [-0.4, -0.2) is 0 Å². The van der Waals surface area contributed by atoms with Crippen LogP contribution < -0.4 is 0 Å². The summed E-state index contributed by atoms with van der Waals surface area (Å²) in [6.07, 6.45) is 0. The number of hydrogen-bond acceptors (Lipinski definition) is 2. The molecule has 0 fully saturated rings. The molecule has 0 nitrogen and oxygen atoms in total. The van der Waals surface area contributed by atoms with Gasteiger partial charge in [-0.1, -0.05) is 84.9 Å². The molecule has 36 heavy (non-hydrogen) atoms. The molecule has 0 bridgehead atoms. The first-order valence-electron chi connectivity index (χ1n) is 11.7. The van der Waals surface area contributed by atoms with Gasteiger partial charge in [-0.2, -0.15) is 0 Å². The van der Waals surface area contributed by atoms with E-state index in [2.05, 4.69) is 109 Å². The van der Waals surface area contributed by atoms with E-state index in [1.165, 1.54) is 87.3 Å². The minimum atomic E-state index is 1.05. The maximum absolute atomic E-state index is 5.95. The monoisotopic (exact) mass is 536 g/mol. The Labute approximate surface area is 226 Å². The van der Waals surface area contributed by atoms with Gasteiger partial charge >= 0.3 is 0 Å². The summed E-state index contributed by atoms with van der Waals surface area (Å²) in [5.41, 5.74) is 4.88. The molecule has 7 rings (SSSR count). The van der Waals surface area contributed by atoms with E-state index in [-0.39, 0.29) is 0 Å². The van der Waals surface area contributed by atoms with Crippen molar-refractivity contribution in [3.8, 4) is 22.3 Å². The fraction of sp³-hybridized carbons (Fsp3) is 0. The van der Waals surface area contributed by atoms with Gasteiger partial charge in [0.05, 0.1) is 0 Å². The molecule has 0 aromatic heterocycles. The van der Waals surface area contributed by atoms with Crippen molar-refractivity contribution >= 4 is 86.4 Å². The quantitative estimate of drug-likeness (QED) is 0.162. The third-order valence-electron chi connectivity index (χ3n) is 7.17. The van der Waals surface area contributed by atoms with Gasteiger partial charge in [-0.05, 0) is 133 Å². The lowest BCUT2D eigenvalue weighted by atomic mass is 9.85. The summed E-state index contributed by atoms with van der Waals surface area (Å²) in [7, 11) is 14.4. The fourth-order valence-corrected chi connectivity index (χ4v) is 6.68. The lowest BCUT2D eigenvalue weighted by molar-refractivity contribution is 1.47. The number of fused-ring (bicyclic) bond motifs is 2. The van der Waals surface area contributed by atoms with Crippen molar-refractivity contribution in [3.63, 3.8) is 0 Å². The number of benzene rings is 7. The van der Waals surface area contributed by atoms with Crippen LogP contribution in [0, 0.1) is 0 Å². The lowest BCUT2D eigenvalue weighted by Gasteiger charge is -2.18. The van der Waals surface area contributed by atoms with E-state index in [9.17, 15) is 0 Å². The van der Waals surface area contributed by atoms with Crippen LogP contribution in [0.4, 0.5) is 0 Å². The zero-order chi connectivity index (χ0) is 24.2. The van der Waals surface area contributed by atoms with E-state index < -0.39 is 0 Å². The zero-order valence-corrected chi connectivity index (χ0v) is 22.1. The van der Waals surface area contributed by atoms with Gasteiger partial charge in [0.25, 0.3) is 0 Å². The molecule has 0 spiro atoms. The van der Waals surface area contributed by atoms with Crippen LogP contribution in [0.2, 0.25) is 0 Å². The highest BCUT2D eigenvalue weighted by Gasteiger charge is 2.17. The number of hydrogen-bond donors (Lipinski definition) is 0. The van der Waals surface area contributed by atoms with Crippen LogP contribution in [0.1, 0.15) is 0 Å². The summed E-state index contributed by atoms with van der Waals surface area (Å²) in [4.78, 5) is 2.10. The Morgan fingerprint density at radius 3 is 1.11 bits per heavy atom. The Balaban J connectivity index is 1.54. The molecule has 0 saturated heterocycles. The molecule has 0 N–H and O–H groups in total. The molecule has 172 valence electrons. The van der Waals surface area contributed by atoms with Crippen LogP contribution in [0.25, 0.3) is 65.3 Å². The van der Waals surface area contributed by atoms with Crippen molar-refractivity contribution in [3.05, 3.63) is 109 Å². The van der Waals surface area contributed by atoms with E-state index in [1.54, 1.807) is 0 Å². The summed E-state index contributed by atoms with van der Waals surface area (Å²) < 4.78 is 0. The summed E-state index contributed by atoms with van der Waals surface area (Å²) in [5, 5.41) is 10.4. The van der Waals surface area contributed by atoms with Crippen LogP contribution in [0.3, 0.4) is 0 Å². The maximum Gasteiger partial charge on any atom is 0.0233 e. The van der Waals surface area contributed by atoms with Gasteiger partial charge in [0.1, 0.15) is 0 Å². The third-order valence-corrected chi connectivity index (χ3v) is 9.14. The Hall–Kier alpha value is -2.88. The molecule has 0 unspecified atom stereocenters. The summed E-state index contributed by atoms with van der Waals surface area (Å²) in [5.74, 6) is 0. The van der Waals surface area contributed by atoms with Gasteiger partial charge in [0.2, 0.25) is 0 Å². The topological polar surface area (TPSA) is 0 Å². The predicted octanol–water partition coefficient (Wildman–Crippen LogP) is 11.6. The molecule has 0 saturated carbocycles. The molecule has 0 heterocycles. The third kappa shape index (κ3) is 3.40. The second kappa shape index (κ2) is 8.90. The molecule has 0 aliphatic carbocycles. The van der Waals surface area contributed by atoms with Crippen molar-refractivity contribution in [2.24, 2.45) is 0 Å². The van der Waals surface area contributed by atoms with Crippen LogP contribution in [-0.2, 0) is 0 Å². The second-order valence-electron chi connectivity index (χ2n) is 8.98. The molecule has 0 radical (unpaired) electrons. The van der Waals surface area contributed by atoms with E-state index in [0.29, 0.717) is 0 Å². The molecular weight excluding hydrogens is 519 g/mol. The molecule has 0 aliphatic heterocycles. The van der Waals surface area contributed by atoms with Crippen molar-refractivity contribution < 1.29 is 0 Å². The highest BCUT2D eigenvalue weighted by molar-refractivity contribution is 8.21. The average molecular weight is 538 g/mol. The zero-order valence-electron chi connectivity index (χ0n) is 19.0. The van der Waals surface area contributed by atoms with Crippen molar-refractivity contribution in [1.29, 1.82) is 0 Å². The van der Waals surface area contributed by atoms with E-state index in [4.69, 9.17) is 21.4 Å². The largest absolute Gasteiger partial charge is 0.0610 e. The molecule has 7 aromatic rings. The Morgan fingerprint density at radius 2 is 0.722 bits per heavy atom. The summed E-state index contributed by atoms with van der Waals surface area (Å²) in [6, 6.07) is 39.5. The first-order valence-corrected chi connectivity index (χ1v) is 15.0. The Bertz CT molecular complexity index is 1730. The smallest absolute Gasteiger partial charge is 0.0233 e. The Morgan fingerprint density at radius 1 is 0.361 bits per heavy atom. The number of halogens is 2. The molecule has 0 aliphatic rings. The normalized spacial score (nSPS) is 11.8. The number of rotatable bonds is 4. The first-order chi connectivity index (χ1) is 17.8. The maximum atomic E-state index is 5.95. The molecule has 0 amide bonds. The molecule has 4 heteroatoms. The van der Waals surface area contributed by atoms with Crippen LogP contribution in [0.5, 0.6) is 0 Å². The second-order valence-corrected chi connectivity index (χ2v) is 11.2. The molecular formula is C32H18Cl2S2. The van der Waals surface area contributed by atoms with Crippen LogP contribution >= 0.6 is 43.3 Å². The predicted molar refractivity (Wildman–Crippen MR) is 162 cm³/mol. The van der Waals surface area contributed by atoms with Gasteiger partial charge < -0.3 is 0 Å². The highest BCUT2D eigenvalue weighted by Crippen LogP contribution is 2.45. The van der Waals surface area contributed by atoms with Gasteiger partial charge in [0.15, 0.2) is 0 Å². The van der Waals surface area contributed by atoms with Gasteiger partial charge in [-0.15, -0.1) is 0 Å². The molecule has 0 atom stereocenters. The van der Waals surface area contributed by atoms with E-state index in [0.717, 1.165) is 9.79 Å². The molecule has 7 aromatic carbocycles. The standard InChI is InChI=1S/C32H18Cl2S2/c33-35-21-11-7-19(8-12-21)23-15-18-30-28-6-2-4-26-24(20-9-13-22(36-34)14-10-20)16-17-29(32(26)28)27-5-1-3-25(23)31(27)30/h1-18H. The van der Waals surface area contributed by atoms with E-state index >= 15 is 0 Å². The van der Waals surface area contributed by atoms with Gasteiger partial charge in [-0.3, -0.25) is 0 Å². The van der Waals surface area contributed by atoms with Crippen molar-refractivity contribution in [2.45, 2.75) is 9.79 Å². The first kappa shape index (κ1) is 22.3. The SMILES string of the molecule is ClSc1ccc(-c2ccc3c4cccc5c(-c6ccc(SCl)cc6)ccc(c6cccc2c63)c54)cc1. The van der Waals surface area contributed by atoms with Gasteiger partial charge in [0, 0.05) is 9.79 Å². The average Bonchev–Trinajstić information content (AvgIpc) is 2.95. The minimum absolute atomic E-state index is 1.05. The fourth-order valence-electron chi connectivity index (χ4n) is 5.59. The van der Waals surface area contributed by atoms with Crippen molar-refractivity contribution in [2.75, 3.05) is 0 Å². The summed E-state index contributed by atoms with van der Waals surface area (Å²) in [6.45, 7) is 0. The highest BCUT2D eigenvalue weighted by atomic mass is 35.7. The van der Waals surface area contributed by atoms with Crippen LogP contribution in [0.15, 0.2) is 119 Å². The van der Waals surface area contributed by atoms with Crippen molar-refractivity contribution in [1.82, 2.24) is 0 Å².